The fraction of sp³-hybridized carbons (Fsp3) is 0.571. The standard InChI is InChI=1S/C21H22F5N3O3/c1-11-27-17(9-31-11)16(8-12-2-3-12)28-18(30)15-7-6-14(13-4-5-13)19(29-15)32-10-20(22,23)21(24,25)26/h6-7,9,12-13,16H,2-5,8,10H2,1H3,(H,28,30)/t16-/m0/s1. The third-order valence-corrected chi connectivity index (χ3v) is 5.51. The van der Waals surface area contributed by atoms with E-state index in [2.05, 4.69) is 15.3 Å². The first kappa shape index (κ1) is 22.5. The van der Waals surface area contributed by atoms with Gasteiger partial charge in [-0.2, -0.15) is 22.0 Å². The van der Waals surface area contributed by atoms with Crippen LogP contribution in [0.25, 0.3) is 0 Å². The number of nitrogens with zero attached hydrogens (tertiary/aromatic N) is 2. The molecule has 1 amide bonds. The molecule has 2 saturated carbocycles. The van der Waals surface area contributed by atoms with Gasteiger partial charge in [-0.05, 0) is 37.2 Å². The molecule has 11 heteroatoms. The smallest absolute Gasteiger partial charge is 0.456 e. The van der Waals surface area contributed by atoms with Gasteiger partial charge in [0, 0.05) is 12.5 Å². The molecule has 174 valence electrons. The first-order valence-electron chi connectivity index (χ1n) is 10.3. The highest BCUT2D eigenvalue weighted by atomic mass is 19.4. The van der Waals surface area contributed by atoms with Crippen LogP contribution in [0, 0.1) is 12.8 Å². The second-order valence-corrected chi connectivity index (χ2v) is 8.35. The number of halogens is 5. The summed E-state index contributed by atoms with van der Waals surface area (Å²) in [4.78, 5) is 21.1. The lowest BCUT2D eigenvalue weighted by molar-refractivity contribution is -0.290. The number of aryl methyl sites for hydroxylation is 1. The molecule has 32 heavy (non-hydrogen) atoms. The zero-order valence-corrected chi connectivity index (χ0v) is 17.2. The van der Waals surface area contributed by atoms with Crippen molar-refractivity contribution >= 4 is 5.91 Å². The van der Waals surface area contributed by atoms with Gasteiger partial charge in [0.1, 0.15) is 17.7 Å². The molecular weight excluding hydrogens is 437 g/mol. The van der Waals surface area contributed by atoms with Crippen LogP contribution in [0.2, 0.25) is 0 Å². The maximum Gasteiger partial charge on any atom is 0.456 e. The van der Waals surface area contributed by atoms with Gasteiger partial charge >= 0.3 is 12.1 Å². The lowest BCUT2D eigenvalue weighted by Gasteiger charge is -2.21. The van der Waals surface area contributed by atoms with E-state index >= 15 is 0 Å². The number of nitrogens with one attached hydrogen (secondary N) is 1. The summed E-state index contributed by atoms with van der Waals surface area (Å²) in [6.07, 6.45) is -0.0547. The average Bonchev–Trinajstić information content (AvgIpc) is 3.65. The molecule has 0 radical (unpaired) electrons. The molecular formula is C21H22F5N3O3. The predicted octanol–water partition coefficient (Wildman–Crippen LogP) is 5.10. The highest BCUT2D eigenvalue weighted by Crippen LogP contribution is 2.44. The molecule has 2 aromatic rings. The van der Waals surface area contributed by atoms with E-state index in [1.165, 1.54) is 18.4 Å². The number of hydrogen-bond donors (Lipinski definition) is 1. The van der Waals surface area contributed by atoms with Gasteiger partial charge in [-0.15, -0.1) is 0 Å². The quantitative estimate of drug-likeness (QED) is 0.528. The van der Waals surface area contributed by atoms with Crippen LogP contribution in [0.5, 0.6) is 5.88 Å². The van der Waals surface area contributed by atoms with Crippen LogP contribution in [-0.4, -0.2) is 34.6 Å². The monoisotopic (exact) mass is 459 g/mol. The minimum absolute atomic E-state index is 0.0326. The summed E-state index contributed by atoms with van der Waals surface area (Å²) >= 11 is 0. The molecule has 0 unspecified atom stereocenters. The number of carbonyl (C=O) groups excluding carboxylic acids is 1. The summed E-state index contributed by atoms with van der Waals surface area (Å²) in [6.45, 7) is -0.227. The van der Waals surface area contributed by atoms with Gasteiger partial charge in [0.25, 0.3) is 5.91 Å². The number of carbonyl (C=O) groups is 1. The van der Waals surface area contributed by atoms with E-state index in [-0.39, 0.29) is 17.5 Å². The van der Waals surface area contributed by atoms with Crippen molar-refractivity contribution in [1.82, 2.24) is 15.3 Å². The number of pyridine rings is 1. The van der Waals surface area contributed by atoms with Crippen molar-refractivity contribution < 1.29 is 35.9 Å². The van der Waals surface area contributed by atoms with E-state index in [4.69, 9.17) is 9.15 Å². The fourth-order valence-corrected chi connectivity index (χ4v) is 3.35. The zero-order chi connectivity index (χ0) is 23.1. The summed E-state index contributed by atoms with van der Waals surface area (Å²) in [5.74, 6) is -5.15. The Hall–Kier alpha value is -2.72. The summed E-state index contributed by atoms with van der Waals surface area (Å²) in [6, 6.07) is 2.48. The van der Waals surface area contributed by atoms with Crippen LogP contribution in [0.3, 0.4) is 0 Å². The number of amides is 1. The van der Waals surface area contributed by atoms with Crippen LogP contribution in [-0.2, 0) is 0 Å². The molecule has 2 fully saturated rings. The van der Waals surface area contributed by atoms with Crippen molar-refractivity contribution in [3.63, 3.8) is 0 Å². The Morgan fingerprint density at radius 3 is 2.47 bits per heavy atom. The van der Waals surface area contributed by atoms with Crippen LogP contribution in [0.4, 0.5) is 22.0 Å². The Morgan fingerprint density at radius 2 is 1.91 bits per heavy atom. The number of ether oxygens (including phenoxy) is 1. The van der Waals surface area contributed by atoms with E-state index in [0.717, 1.165) is 25.7 Å². The number of rotatable bonds is 9. The van der Waals surface area contributed by atoms with Gasteiger partial charge in [0.2, 0.25) is 5.88 Å². The highest BCUT2D eigenvalue weighted by Gasteiger charge is 2.58. The van der Waals surface area contributed by atoms with Gasteiger partial charge in [-0.25, -0.2) is 9.97 Å². The third-order valence-electron chi connectivity index (χ3n) is 5.51. The highest BCUT2D eigenvalue weighted by molar-refractivity contribution is 5.92. The fourth-order valence-electron chi connectivity index (χ4n) is 3.35. The minimum Gasteiger partial charge on any atom is -0.471 e. The third kappa shape index (κ3) is 5.18. The molecule has 4 rings (SSSR count). The van der Waals surface area contributed by atoms with Crippen molar-refractivity contribution in [2.75, 3.05) is 6.61 Å². The number of oxazole rings is 1. The Labute approximate surface area is 180 Å². The van der Waals surface area contributed by atoms with E-state index in [9.17, 15) is 26.7 Å². The maximum absolute atomic E-state index is 13.3. The molecule has 0 aliphatic heterocycles. The molecule has 2 aromatic heterocycles. The van der Waals surface area contributed by atoms with Crippen LogP contribution in [0.1, 0.15) is 71.7 Å². The summed E-state index contributed by atoms with van der Waals surface area (Å²) < 4.78 is 74.2. The molecule has 0 spiro atoms. The summed E-state index contributed by atoms with van der Waals surface area (Å²) in [7, 11) is 0. The number of hydrogen-bond acceptors (Lipinski definition) is 5. The van der Waals surface area contributed by atoms with E-state index in [0.29, 0.717) is 29.5 Å². The number of alkyl halides is 5. The van der Waals surface area contributed by atoms with Gasteiger partial charge in [-0.1, -0.05) is 18.9 Å². The average molecular weight is 459 g/mol. The molecule has 1 N–H and O–H groups in total. The largest absolute Gasteiger partial charge is 0.471 e. The van der Waals surface area contributed by atoms with Gasteiger partial charge < -0.3 is 14.5 Å². The van der Waals surface area contributed by atoms with Crippen LogP contribution < -0.4 is 10.1 Å². The summed E-state index contributed by atoms with van der Waals surface area (Å²) in [5, 5.41) is 2.81. The van der Waals surface area contributed by atoms with Crippen molar-refractivity contribution in [3.05, 3.63) is 41.2 Å². The van der Waals surface area contributed by atoms with Crippen molar-refractivity contribution in [1.29, 1.82) is 0 Å². The number of aromatic nitrogens is 2. The predicted molar refractivity (Wildman–Crippen MR) is 101 cm³/mol. The lowest BCUT2D eigenvalue weighted by Crippen LogP contribution is -2.42. The zero-order valence-electron chi connectivity index (χ0n) is 17.2. The van der Waals surface area contributed by atoms with Gasteiger partial charge in [0.15, 0.2) is 12.5 Å². The first-order valence-corrected chi connectivity index (χ1v) is 10.3. The van der Waals surface area contributed by atoms with E-state index < -0.39 is 30.7 Å². The molecule has 0 aromatic carbocycles. The van der Waals surface area contributed by atoms with E-state index in [1.54, 1.807) is 6.92 Å². The maximum atomic E-state index is 13.3. The van der Waals surface area contributed by atoms with Crippen LogP contribution in [0.15, 0.2) is 22.8 Å². The molecule has 2 aliphatic carbocycles. The Morgan fingerprint density at radius 1 is 1.19 bits per heavy atom. The van der Waals surface area contributed by atoms with Crippen molar-refractivity contribution in [2.24, 2.45) is 5.92 Å². The Kier molecular flexibility index (Phi) is 5.85. The molecule has 0 bridgehead atoms. The van der Waals surface area contributed by atoms with Crippen molar-refractivity contribution in [3.8, 4) is 5.88 Å². The topological polar surface area (TPSA) is 77.2 Å². The second-order valence-electron chi connectivity index (χ2n) is 8.35. The van der Waals surface area contributed by atoms with E-state index in [1.807, 2.05) is 0 Å². The Balaban J connectivity index is 1.52. The summed E-state index contributed by atoms with van der Waals surface area (Å²) in [5.41, 5.74) is 0.834. The SMILES string of the molecule is Cc1nc([C@H](CC2CC2)NC(=O)c2ccc(C3CC3)c(OCC(F)(F)C(F)(F)F)n2)co1. The normalized spacial score (nSPS) is 17.8. The second kappa shape index (κ2) is 8.32. The van der Waals surface area contributed by atoms with Crippen LogP contribution >= 0.6 is 0 Å². The molecule has 6 nitrogen and oxygen atoms in total. The Bertz CT molecular complexity index is 983. The van der Waals surface area contributed by atoms with Gasteiger partial charge in [0.05, 0.1) is 6.04 Å². The lowest BCUT2D eigenvalue weighted by atomic mass is 10.1. The minimum atomic E-state index is -5.74. The molecule has 2 aliphatic rings. The molecule has 0 saturated heterocycles. The first-order chi connectivity index (χ1) is 15.0. The molecule has 1 atom stereocenters. The van der Waals surface area contributed by atoms with Gasteiger partial charge in [-0.3, -0.25) is 4.79 Å². The van der Waals surface area contributed by atoms with Crippen molar-refractivity contribution in [2.45, 2.75) is 63.1 Å². The molecule has 2 heterocycles.